The quantitative estimate of drug-likeness (QED) is 0.725. The molecular formula is C12H20N4O3S. The third-order valence-electron chi connectivity index (χ3n) is 3.46. The van der Waals surface area contributed by atoms with Crippen LogP contribution in [0.15, 0.2) is 12.3 Å². The summed E-state index contributed by atoms with van der Waals surface area (Å²) in [6, 6.07) is 1.59. The number of rotatable bonds is 5. The van der Waals surface area contributed by atoms with Crippen molar-refractivity contribution in [1.82, 2.24) is 20.2 Å². The summed E-state index contributed by atoms with van der Waals surface area (Å²) in [5.41, 5.74) is 0.437. The van der Waals surface area contributed by atoms with Crippen LogP contribution in [-0.2, 0) is 10.0 Å². The monoisotopic (exact) mass is 300 g/mol. The minimum absolute atomic E-state index is 0.0205. The number of hydrogen-bond donors (Lipinski definition) is 3. The maximum absolute atomic E-state index is 11.8. The van der Waals surface area contributed by atoms with Crippen LogP contribution in [0.25, 0.3) is 0 Å². The van der Waals surface area contributed by atoms with Crippen LogP contribution in [0, 0.1) is 5.92 Å². The predicted molar refractivity (Wildman–Crippen MR) is 74.6 cm³/mol. The fourth-order valence-electron chi connectivity index (χ4n) is 2.60. The molecule has 8 heteroatoms. The zero-order chi connectivity index (χ0) is 14.6. The van der Waals surface area contributed by atoms with Crippen LogP contribution in [0.3, 0.4) is 0 Å². The van der Waals surface area contributed by atoms with Gasteiger partial charge in [-0.15, -0.1) is 0 Å². The van der Waals surface area contributed by atoms with Gasteiger partial charge in [-0.25, -0.2) is 13.1 Å². The van der Waals surface area contributed by atoms with Crippen molar-refractivity contribution < 1.29 is 13.2 Å². The standard InChI is InChI=1S/C12H20N4O3S/c1-20(18,19)16-10-4-2-3-9(7-10)8-13-12(17)11-5-6-14-15-11/h5-6,9-10,16H,2-4,7-8H2,1H3,(H,13,17)(H,14,15)/t9-,10+/m1/s1. The molecule has 7 nitrogen and oxygen atoms in total. The van der Waals surface area contributed by atoms with E-state index in [1.54, 1.807) is 6.07 Å². The Morgan fingerprint density at radius 2 is 2.30 bits per heavy atom. The van der Waals surface area contributed by atoms with E-state index in [0.29, 0.717) is 18.2 Å². The average Bonchev–Trinajstić information content (AvgIpc) is 2.88. The van der Waals surface area contributed by atoms with Crippen LogP contribution < -0.4 is 10.0 Å². The first kappa shape index (κ1) is 15.0. The number of carbonyl (C=O) groups is 1. The summed E-state index contributed by atoms with van der Waals surface area (Å²) < 4.78 is 25.1. The van der Waals surface area contributed by atoms with E-state index in [1.165, 1.54) is 12.5 Å². The SMILES string of the molecule is CS(=O)(=O)N[C@H]1CCC[C@@H](CNC(=O)c2ccn[nH]2)C1. The second kappa shape index (κ2) is 6.36. The largest absolute Gasteiger partial charge is 0.350 e. The lowest BCUT2D eigenvalue weighted by Gasteiger charge is -2.29. The molecule has 1 fully saturated rings. The predicted octanol–water partition coefficient (Wildman–Crippen LogP) is 0.248. The first-order valence-electron chi connectivity index (χ1n) is 6.69. The van der Waals surface area contributed by atoms with Crippen molar-refractivity contribution in [3.63, 3.8) is 0 Å². The molecule has 20 heavy (non-hydrogen) atoms. The van der Waals surface area contributed by atoms with Gasteiger partial charge in [-0.2, -0.15) is 5.10 Å². The van der Waals surface area contributed by atoms with Crippen molar-refractivity contribution in [2.75, 3.05) is 12.8 Å². The Bertz CT molecular complexity index is 541. The second-order valence-electron chi connectivity index (χ2n) is 5.30. The molecule has 1 aromatic heterocycles. The number of aromatic nitrogens is 2. The molecule has 0 unspecified atom stereocenters. The van der Waals surface area contributed by atoms with E-state index in [0.717, 1.165) is 25.7 Å². The van der Waals surface area contributed by atoms with Gasteiger partial charge in [0.15, 0.2) is 0 Å². The Labute approximate surface area is 118 Å². The highest BCUT2D eigenvalue weighted by Crippen LogP contribution is 2.24. The molecule has 0 spiro atoms. The molecule has 1 amide bonds. The summed E-state index contributed by atoms with van der Waals surface area (Å²) in [7, 11) is -3.16. The maximum Gasteiger partial charge on any atom is 0.269 e. The van der Waals surface area contributed by atoms with Crippen molar-refractivity contribution in [2.24, 2.45) is 5.92 Å². The van der Waals surface area contributed by atoms with Crippen LogP contribution in [0.5, 0.6) is 0 Å². The van der Waals surface area contributed by atoms with E-state index in [4.69, 9.17) is 0 Å². The molecule has 1 saturated carbocycles. The van der Waals surface area contributed by atoms with Gasteiger partial charge in [-0.05, 0) is 31.2 Å². The third-order valence-corrected chi connectivity index (χ3v) is 4.22. The fourth-order valence-corrected chi connectivity index (χ4v) is 3.42. The molecule has 0 saturated heterocycles. The number of sulfonamides is 1. The number of H-pyrrole nitrogens is 1. The molecule has 0 aliphatic heterocycles. The van der Waals surface area contributed by atoms with Crippen LogP contribution in [0.2, 0.25) is 0 Å². The third kappa shape index (κ3) is 4.61. The van der Waals surface area contributed by atoms with Gasteiger partial charge in [-0.3, -0.25) is 9.89 Å². The lowest BCUT2D eigenvalue weighted by Crippen LogP contribution is -2.40. The molecule has 1 aliphatic carbocycles. The zero-order valence-corrected chi connectivity index (χ0v) is 12.2. The summed E-state index contributed by atoms with van der Waals surface area (Å²) in [6.07, 6.45) is 6.30. The van der Waals surface area contributed by atoms with Crippen LogP contribution in [-0.4, -0.2) is 43.4 Å². The molecule has 1 heterocycles. The van der Waals surface area contributed by atoms with E-state index in [2.05, 4.69) is 20.2 Å². The normalized spacial score (nSPS) is 23.4. The topological polar surface area (TPSA) is 104 Å². The second-order valence-corrected chi connectivity index (χ2v) is 7.08. The van der Waals surface area contributed by atoms with Gasteiger partial charge < -0.3 is 5.32 Å². The van der Waals surface area contributed by atoms with E-state index in [9.17, 15) is 13.2 Å². The van der Waals surface area contributed by atoms with Gasteiger partial charge in [0, 0.05) is 18.8 Å². The first-order chi connectivity index (χ1) is 9.44. The summed E-state index contributed by atoms with van der Waals surface area (Å²) in [4.78, 5) is 11.8. The van der Waals surface area contributed by atoms with Gasteiger partial charge in [-0.1, -0.05) is 6.42 Å². The number of amides is 1. The molecular weight excluding hydrogens is 280 g/mol. The Balaban J connectivity index is 1.80. The lowest BCUT2D eigenvalue weighted by atomic mass is 9.86. The Hall–Kier alpha value is -1.41. The summed E-state index contributed by atoms with van der Waals surface area (Å²) in [6.45, 7) is 0.555. The lowest BCUT2D eigenvalue weighted by molar-refractivity contribution is 0.0937. The summed E-state index contributed by atoms with van der Waals surface area (Å²) >= 11 is 0. The fraction of sp³-hybridized carbons (Fsp3) is 0.667. The number of nitrogens with zero attached hydrogens (tertiary/aromatic N) is 1. The average molecular weight is 300 g/mol. The van der Waals surface area contributed by atoms with E-state index in [-0.39, 0.29) is 11.9 Å². The zero-order valence-electron chi connectivity index (χ0n) is 11.4. The molecule has 2 atom stereocenters. The van der Waals surface area contributed by atoms with Crippen molar-refractivity contribution in [2.45, 2.75) is 31.7 Å². The van der Waals surface area contributed by atoms with Crippen molar-refractivity contribution in [3.05, 3.63) is 18.0 Å². The number of aromatic amines is 1. The Kier molecular flexibility index (Phi) is 4.77. The van der Waals surface area contributed by atoms with E-state index in [1.807, 2.05) is 0 Å². The molecule has 1 aliphatic rings. The summed E-state index contributed by atoms with van der Waals surface area (Å²) in [5.74, 6) is 0.121. The van der Waals surface area contributed by atoms with Gasteiger partial charge in [0.2, 0.25) is 10.0 Å². The number of nitrogens with one attached hydrogen (secondary N) is 3. The molecule has 112 valence electrons. The highest BCUT2D eigenvalue weighted by Gasteiger charge is 2.24. The first-order valence-corrected chi connectivity index (χ1v) is 8.58. The maximum atomic E-state index is 11.8. The smallest absolute Gasteiger partial charge is 0.269 e. The van der Waals surface area contributed by atoms with Crippen LogP contribution in [0.1, 0.15) is 36.2 Å². The van der Waals surface area contributed by atoms with Crippen molar-refractivity contribution >= 4 is 15.9 Å². The number of hydrogen-bond acceptors (Lipinski definition) is 4. The highest BCUT2D eigenvalue weighted by molar-refractivity contribution is 7.88. The summed E-state index contributed by atoms with van der Waals surface area (Å²) in [5, 5.41) is 9.19. The van der Waals surface area contributed by atoms with Gasteiger partial charge in [0.05, 0.1) is 6.26 Å². The Morgan fingerprint density at radius 3 is 2.95 bits per heavy atom. The van der Waals surface area contributed by atoms with Crippen molar-refractivity contribution in [1.29, 1.82) is 0 Å². The van der Waals surface area contributed by atoms with Gasteiger partial charge in [0.25, 0.3) is 5.91 Å². The van der Waals surface area contributed by atoms with Gasteiger partial charge in [0.1, 0.15) is 5.69 Å². The minimum atomic E-state index is -3.16. The Morgan fingerprint density at radius 1 is 1.50 bits per heavy atom. The molecule has 3 N–H and O–H groups in total. The highest BCUT2D eigenvalue weighted by atomic mass is 32.2. The van der Waals surface area contributed by atoms with Gasteiger partial charge >= 0.3 is 0 Å². The van der Waals surface area contributed by atoms with Crippen molar-refractivity contribution in [3.8, 4) is 0 Å². The van der Waals surface area contributed by atoms with Crippen LogP contribution in [0.4, 0.5) is 0 Å². The molecule has 2 rings (SSSR count). The van der Waals surface area contributed by atoms with Crippen LogP contribution >= 0.6 is 0 Å². The minimum Gasteiger partial charge on any atom is -0.350 e. The van der Waals surface area contributed by atoms with E-state index < -0.39 is 10.0 Å². The number of carbonyl (C=O) groups excluding carboxylic acids is 1. The molecule has 0 bridgehead atoms. The van der Waals surface area contributed by atoms with E-state index >= 15 is 0 Å². The molecule has 1 aromatic rings. The molecule has 0 radical (unpaired) electrons. The molecule has 0 aromatic carbocycles.